The number of anilines is 1. The summed E-state index contributed by atoms with van der Waals surface area (Å²) in [5.41, 5.74) is 0.273. The van der Waals surface area contributed by atoms with Crippen LogP contribution in [-0.4, -0.2) is 28.1 Å². The molecule has 1 aromatic heterocycles. The van der Waals surface area contributed by atoms with Gasteiger partial charge in [0.05, 0.1) is 5.92 Å². The van der Waals surface area contributed by atoms with Crippen molar-refractivity contribution in [1.82, 2.24) is 14.5 Å². The fourth-order valence-corrected chi connectivity index (χ4v) is 3.81. The fourth-order valence-electron chi connectivity index (χ4n) is 3.60. The second-order valence-electron chi connectivity index (χ2n) is 7.06. The molecule has 1 fully saturated rings. The third-order valence-corrected chi connectivity index (χ3v) is 5.40. The minimum Gasteiger partial charge on any atom is -0.357 e. The molecule has 0 aliphatic carbocycles. The van der Waals surface area contributed by atoms with Crippen molar-refractivity contribution in [1.29, 1.82) is 0 Å². The van der Waals surface area contributed by atoms with E-state index >= 15 is 0 Å². The fraction of sp³-hybridized carbons (Fsp3) is 0.450. The third-order valence-electron chi connectivity index (χ3n) is 5.17. The zero-order valence-electron chi connectivity index (χ0n) is 16.2. The molecule has 0 spiro atoms. The molecule has 1 amide bonds. The number of nitrogens with zero attached hydrogens (tertiary/aromatic N) is 3. The van der Waals surface area contributed by atoms with Crippen molar-refractivity contribution in [2.75, 3.05) is 18.0 Å². The molecule has 1 atom stereocenters. The quantitative estimate of drug-likeness (QED) is 0.823. The van der Waals surface area contributed by atoms with E-state index < -0.39 is 0 Å². The van der Waals surface area contributed by atoms with Crippen molar-refractivity contribution in [3.8, 4) is 0 Å². The monoisotopic (exact) mass is 404 g/mol. The minimum atomic E-state index is -0.336. The zero-order valence-corrected chi connectivity index (χ0v) is 16.9. The first-order chi connectivity index (χ1) is 13.4. The number of halogens is 1. The van der Waals surface area contributed by atoms with Crippen molar-refractivity contribution < 1.29 is 4.79 Å². The summed E-state index contributed by atoms with van der Waals surface area (Å²) in [5.74, 6) is 0.360. The van der Waals surface area contributed by atoms with Crippen molar-refractivity contribution in [2.45, 2.75) is 32.9 Å². The van der Waals surface area contributed by atoms with Gasteiger partial charge >= 0.3 is 5.69 Å². The Labute approximate surface area is 168 Å². The van der Waals surface area contributed by atoms with Crippen LogP contribution in [0.15, 0.2) is 39.9 Å². The summed E-state index contributed by atoms with van der Waals surface area (Å²) in [4.78, 5) is 39.1. The molecule has 1 aromatic carbocycles. The normalized spacial score (nSPS) is 16.8. The first-order valence-corrected chi connectivity index (χ1v) is 9.86. The first-order valence-electron chi connectivity index (χ1n) is 9.48. The highest BCUT2D eigenvalue weighted by molar-refractivity contribution is 6.30. The maximum Gasteiger partial charge on any atom is 0.332 e. The number of benzene rings is 1. The summed E-state index contributed by atoms with van der Waals surface area (Å²) < 4.78 is 2.68. The summed E-state index contributed by atoms with van der Waals surface area (Å²) in [6, 6.07) is 8.88. The number of carbonyl (C=O) groups excluding carboxylic acids is 1. The summed E-state index contributed by atoms with van der Waals surface area (Å²) in [6.07, 6.45) is 1.60. The van der Waals surface area contributed by atoms with Gasteiger partial charge in [-0.3, -0.25) is 18.7 Å². The van der Waals surface area contributed by atoms with E-state index in [1.165, 1.54) is 13.1 Å². The van der Waals surface area contributed by atoms with Crippen LogP contribution in [0, 0.1) is 5.92 Å². The average molecular weight is 405 g/mol. The Kier molecular flexibility index (Phi) is 6.24. The number of amides is 1. The van der Waals surface area contributed by atoms with E-state index in [0.717, 1.165) is 23.0 Å². The molecule has 1 saturated heterocycles. The molecule has 0 radical (unpaired) electrons. The molecule has 1 aliphatic heterocycles. The number of carbonyl (C=O) groups is 1. The molecule has 0 unspecified atom stereocenters. The lowest BCUT2D eigenvalue weighted by molar-refractivity contribution is -0.125. The number of aromatic nitrogens is 2. The van der Waals surface area contributed by atoms with Crippen LogP contribution in [0.5, 0.6) is 0 Å². The van der Waals surface area contributed by atoms with Crippen molar-refractivity contribution in [3.05, 3.63) is 61.8 Å². The summed E-state index contributed by atoms with van der Waals surface area (Å²) in [5, 5.41) is 3.61. The Hall–Kier alpha value is -2.54. The highest BCUT2D eigenvalue weighted by atomic mass is 35.5. The Morgan fingerprint density at radius 3 is 2.79 bits per heavy atom. The van der Waals surface area contributed by atoms with Crippen LogP contribution in [0.2, 0.25) is 5.02 Å². The van der Waals surface area contributed by atoms with Gasteiger partial charge in [-0.1, -0.05) is 23.7 Å². The smallest absolute Gasteiger partial charge is 0.332 e. The molecular weight excluding hydrogens is 380 g/mol. The Balaban J connectivity index is 1.73. The molecule has 7 nitrogen and oxygen atoms in total. The molecule has 0 bridgehead atoms. The standard InChI is InChI=1S/C20H25ClN4O3/c1-3-25-17(11-18(26)23(2)20(25)28)24-9-5-7-15(13-24)19(27)22-12-14-6-4-8-16(21)10-14/h4,6,8,10-11,15H,3,5,7,9,12-13H2,1-2H3,(H,22,27)/t15-/m0/s1. The van der Waals surface area contributed by atoms with Gasteiger partial charge in [-0.05, 0) is 37.5 Å². The number of hydrogen-bond acceptors (Lipinski definition) is 4. The van der Waals surface area contributed by atoms with E-state index in [1.54, 1.807) is 10.6 Å². The lowest BCUT2D eigenvalue weighted by atomic mass is 9.97. The van der Waals surface area contributed by atoms with Gasteiger partial charge in [-0.2, -0.15) is 0 Å². The molecule has 2 aromatic rings. The minimum absolute atomic E-state index is 0.0288. The van der Waals surface area contributed by atoms with Gasteiger partial charge in [0.15, 0.2) is 0 Å². The van der Waals surface area contributed by atoms with Crippen LogP contribution in [0.25, 0.3) is 0 Å². The number of hydrogen-bond donors (Lipinski definition) is 1. The summed E-state index contributed by atoms with van der Waals surface area (Å²) >= 11 is 5.99. The second-order valence-corrected chi connectivity index (χ2v) is 7.50. The van der Waals surface area contributed by atoms with Gasteiger partial charge in [-0.25, -0.2) is 4.79 Å². The van der Waals surface area contributed by atoms with Gasteiger partial charge in [0.1, 0.15) is 5.82 Å². The predicted octanol–water partition coefficient (Wildman–Crippen LogP) is 1.75. The van der Waals surface area contributed by atoms with Crippen molar-refractivity contribution >= 4 is 23.3 Å². The molecule has 1 aliphatic rings. The lowest BCUT2D eigenvalue weighted by Gasteiger charge is -2.34. The van der Waals surface area contributed by atoms with E-state index in [1.807, 2.05) is 30.0 Å². The Morgan fingerprint density at radius 2 is 2.07 bits per heavy atom. The van der Waals surface area contributed by atoms with E-state index in [9.17, 15) is 14.4 Å². The SMILES string of the molecule is CCn1c(N2CCC[C@H](C(=O)NCc3cccc(Cl)c3)C2)cc(=O)n(C)c1=O. The Bertz CT molecular complexity index is 982. The van der Waals surface area contributed by atoms with Crippen LogP contribution < -0.4 is 21.5 Å². The maximum atomic E-state index is 12.7. The van der Waals surface area contributed by atoms with E-state index in [-0.39, 0.29) is 23.1 Å². The molecule has 0 saturated carbocycles. The third kappa shape index (κ3) is 4.30. The molecule has 8 heteroatoms. The number of nitrogens with one attached hydrogen (secondary N) is 1. The van der Waals surface area contributed by atoms with Crippen LogP contribution in [0.1, 0.15) is 25.3 Å². The van der Waals surface area contributed by atoms with Gasteiger partial charge in [0.2, 0.25) is 5.91 Å². The largest absolute Gasteiger partial charge is 0.357 e. The average Bonchev–Trinajstić information content (AvgIpc) is 2.70. The molecule has 1 N–H and O–H groups in total. The zero-order chi connectivity index (χ0) is 20.3. The summed E-state index contributed by atoms with van der Waals surface area (Å²) in [6.45, 7) is 3.94. The van der Waals surface area contributed by atoms with Gasteiger partial charge < -0.3 is 10.2 Å². The summed E-state index contributed by atoms with van der Waals surface area (Å²) in [7, 11) is 1.48. The van der Waals surface area contributed by atoms with Crippen LogP contribution >= 0.6 is 11.6 Å². The highest BCUT2D eigenvalue weighted by Crippen LogP contribution is 2.22. The molecular formula is C20H25ClN4O3. The van der Waals surface area contributed by atoms with E-state index in [4.69, 9.17) is 11.6 Å². The van der Waals surface area contributed by atoms with E-state index in [0.29, 0.717) is 37.0 Å². The topological polar surface area (TPSA) is 76.3 Å². The van der Waals surface area contributed by atoms with Gasteiger partial charge in [0, 0.05) is 44.3 Å². The molecule has 28 heavy (non-hydrogen) atoms. The van der Waals surface area contributed by atoms with Crippen molar-refractivity contribution in [3.63, 3.8) is 0 Å². The van der Waals surface area contributed by atoms with E-state index in [2.05, 4.69) is 5.32 Å². The molecule has 3 rings (SSSR count). The number of piperidine rings is 1. The van der Waals surface area contributed by atoms with Crippen LogP contribution in [-0.2, 0) is 24.9 Å². The Morgan fingerprint density at radius 1 is 1.29 bits per heavy atom. The van der Waals surface area contributed by atoms with Gasteiger partial charge in [-0.15, -0.1) is 0 Å². The first kappa shape index (κ1) is 20.2. The second kappa shape index (κ2) is 8.65. The predicted molar refractivity (Wildman–Crippen MR) is 110 cm³/mol. The van der Waals surface area contributed by atoms with Crippen molar-refractivity contribution in [2.24, 2.45) is 13.0 Å². The molecule has 150 valence electrons. The lowest BCUT2D eigenvalue weighted by Crippen LogP contribution is -2.47. The van der Waals surface area contributed by atoms with Gasteiger partial charge in [0.25, 0.3) is 5.56 Å². The van der Waals surface area contributed by atoms with Crippen LogP contribution in [0.4, 0.5) is 5.82 Å². The van der Waals surface area contributed by atoms with Crippen LogP contribution in [0.3, 0.4) is 0 Å². The number of rotatable bonds is 5. The maximum absolute atomic E-state index is 12.7. The highest BCUT2D eigenvalue weighted by Gasteiger charge is 2.27. The molecule has 2 heterocycles.